The summed E-state index contributed by atoms with van der Waals surface area (Å²) in [4.78, 5) is 29.8. The summed E-state index contributed by atoms with van der Waals surface area (Å²) in [5, 5.41) is 57.6. The van der Waals surface area contributed by atoms with Crippen LogP contribution in [0.15, 0.2) is 0 Å². The number of carbonyl (C=O) groups excluding carboxylic acids is 2. The van der Waals surface area contributed by atoms with Crippen molar-refractivity contribution in [3.8, 4) is 0 Å². The van der Waals surface area contributed by atoms with E-state index in [1.807, 2.05) is 25.9 Å². The lowest BCUT2D eigenvalue weighted by Gasteiger charge is -2.49. The van der Waals surface area contributed by atoms with Crippen molar-refractivity contribution in [2.24, 2.45) is 23.7 Å². The minimum atomic E-state index is -1.99. The van der Waals surface area contributed by atoms with Crippen LogP contribution in [0.1, 0.15) is 94.9 Å². The number of hydrogen-bond donors (Lipinski definition) is 5. The van der Waals surface area contributed by atoms with Gasteiger partial charge < -0.3 is 58.9 Å². The van der Waals surface area contributed by atoms with E-state index in [0.29, 0.717) is 6.42 Å². The standard InChI is InChI=1S/C37H67NO13/c1-14-25-37(10,45)30(41)20(4)27(39)18(2)16-35(8,44)32(51-34-28(40)24(38(11)12)15-19(3)47-34)21(5)29(22(6)33(43)49-25)50-26-17-36(9,46-13)31(42)23(7)48-26/h18-26,28-32,34,40-42,44-45H,14-17H2,1-13H3/t18-,19+,20+,21+,22-,23-,24-,25-,26-,28+,29+,30-,31-,32-,34-,35-,36+,37-/m1/s1/i16+1,25+1,27+1,29+1,30+1,32+1,33+1. The molecule has 3 heterocycles. The van der Waals surface area contributed by atoms with Gasteiger partial charge in [-0.2, -0.15) is 0 Å². The molecule has 3 aliphatic rings. The van der Waals surface area contributed by atoms with Gasteiger partial charge in [0.2, 0.25) is 0 Å². The van der Waals surface area contributed by atoms with Crippen LogP contribution in [0.2, 0.25) is 0 Å². The molecule has 3 aliphatic heterocycles. The zero-order chi connectivity index (χ0) is 39.0. The highest BCUT2D eigenvalue weighted by Gasteiger charge is 2.53. The monoisotopic (exact) mass is 740 g/mol. The fourth-order valence-electron chi connectivity index (χ4n) is 8.41. The van der Waals surface area contributed by atoms with Gasteiger partial charge in [0.25, 0.3) is 0 Å². The van der Waals surface area contributed by atoms with Crippen molar-refractivity contribution in [1.82, 2.24) is 4.90 Å². The first-order chi connectivity index (χ1) is 23.4. The maximum absolute atomic E-state index is 14.1. The van der Waals surface area contributed by atoms with Crippen LogP contribution in [0.4, 0.5) is 0 Å². The highest BCUT2D eigenvalue weighted by molar-refractivity contribution is 5.83. The number of likely N-dealkylation sites (N-methyl/N-ethyl adjacent to an activating group) is 1. The highest BCUT2D eigenvalue weighted by atomic mass is 16.8. The SMILES string of the molecule is CC[13C@H]1O[13C](=O)[C@H](C)[13C@@H](O[C@@H]2C[C@](C)(OC)[C@H](O)[C@@H](C)O2)[C@H](C)[13C@@H](O[C@H]2O[C@@H](C)C[C@@H](N(C)C)[C@@H]2O)[C@](C)(O)[13CH2][C@@H](C)[13C](=O)[C@H](C)[13C@@H](O)[C@]1(C)O. The van der Waals surface area contributed by atoms with Gasteiger partial charge in [0.15, 0.2) is 12.6 Å². The molecular weight excluding hydrogens is 673 g/mol. The van der Waals surface area contributed by atoms with E-state index in [1.54, 1.807) is 41.5 Å². The maximum Gasteiger partial charge on any atom is 0.311 e. The van der Waals surface area contributed by atoms with Crippen molar-refractivity contribution in [3.05, 3.63) is 0 Å². The van der Waals surface area contributed by atoms with Crippen LogP contribution < -0.4 is 0 Å². The van der Waals surface area contributed by atoms with Gasteiger partial charge >= 0.3 is 5.97 Å². The first kappa shape index (κ1) is 44.1. The molecule has 0 aromatic heterocycles. The minimum absolute atomic E-state index is 0.0936. The zero-order valence-electron chi connectivity index (χ0n) is 32.9. The molecule has 0 spiro atoms. The van der Waals surface area contributed by atoms with Crippen LogP contribution in [-0.2, 0) is 38.0 Å². The number of Topliss-reactive ketones (excluding diaryl/α,β-unsaturated/α-hetero) is 1. The summed E-state index contributed by atoms with van der Waals surface area (Å²) in [5.74, 6) is -4.98. The molecule has 0 saturated carbocycles. The third kappa shape index (κ3) is 9.51. The number of rotatable bonds is 7. The molecule has 0 amide bonds. The van der Waals surface area contributed by atoms with Crippen molar-refractivity contribution >= 4 is 11.8 Å². The Bertz CT molecular complexity index is 1170. The first-order valence-electron chi connectivity index (χ1n) is 18.5. The van der Waals surface area contributed by atoms with Gasteiger partial charge in [-0.05, 0) is 74.9 Å². The van der Waals surface area contributed by atoms with Crippen molar-refractivity contribution in [3.63, 3.8) is 0 Å². The third-order valence-electron chi connectivity index (χ3n) is 11.8. The number of methoxy groups -OCH3 is 1. The second-order valence-corrected chi connectivity index (χ2v) is 16.5. The normalized spacial score (nSPS) is 49.7. The Labute approximate surface area is 304 Å². The van der Waals surface area contributed by atoms with Crippen molar-refractivity contribution in [1.29, 1.82) is 0 Å². The van der Waals surface area contributed by atoms with E-state index in [2.05, 4.69) is 0 Å². The van der Waals surface area contributed by atoms with Gasteiger partial charge in [-0.25, -0.2) is 0 Å². The Kier molecular flexibility index (Phi) is 14.7. The molecule has 298 valence electrons. The predicted octanol–water partition coefficient (Wildman–Crippen LogP) is 1.79. The lowest BCUT2D eigenvalue weighted by Crippen LogP contribution is -2.61. The van der Waals surface area contributed by atoms with Gasteiger partial charge in [-0.15, -0.1) is 0 Å². The van der Waals surface area contributed by atoms with E-state index >= 15 is 0 Å². The predicted molar refractivity (Wildman–Crippen MR) is 186 cm³/mol. The third-order valence-corrected chi connectivity index (χ3v) is 11.8. The summed E-state index contributed by atoms with van der Waals surface area (Å²) >= 11 is 0. The molecule has 51 heavy (non-hydrogen) atoms. The maximum atomic E-state index is 14.1. The lowest BCUT2D eigenvalue weighted by atomic mass is 9.88. The molecule has 0 aromatic rings. The molecule has 0 unspecified atom stereocenters. The van der Waals surface area contributed by atoms with Gasteiger partial charge in [0, 0.05) is 37.3 Å². The molecule has 18 atom stereocenters. The number of esters is 1. The van der Waals surface area contributed by atoms with Gasteiger partial charge in [0.05, 0.1) is 47.6 Å². The molecule has 3 rings (SSSR count). The lowest BCUT2D eigenvalue weighted by molar-refractivity contribution is -0.318. The van der Waals surface area contributed by atoms with Crippen molar-refractivity contribution in [2.45, 2.75) is 179 Å². The molecule has 3 saturated heterocycles. The largest absolute Gasteiger partial charge is 0.459 e. The summed E-state index contributed by atoms with van der Waals surface area (Å²) in [7, 11) is 5.18. The number of ether oxygens (including phenoxy) is 6. The second-order valence-electron chi connectivity index (χ2n) is 16.5. The summed E-state index contributed by atoms with van der Waals surface area (Å²) in [6.45, 7) is 16.3. The Morgan fingerprint density at radius 2 is 1.49 bits per heavy atom. The Morgan fingerprint density at radius 3 is 2.04 bits per heavy atom. The molecule has 14 heteroatoms. The fourth-order valence-corrected chi connectivity index (χ4v) is 8.41. The zero-order valence-corrected chi connectivity index (χ0v) is 32.9. The average Bonchev–Trinajstić information content (AvgIpc) is 3.05. The minimum Gasteiger partial charge on any atom is -0.459 e. The average molecular weight is 741 g/mol. The Morgan fingerprint density at radius 1 is 0.882 bits per heavy atom. The second kappa shape index (κ2) is 17.0. The summed E-state index contributed by atoms with van der Waals surface area (Å²) in [6.07, 6.45) is -9.71. The molecule has 14 nitrogen and oxygen atoms in total. The summed E-state index contributed by atoms with van der Waals surface area (Å²) < 4.78 is 37.1. The van der Waals surface area contributed by atoms with Gasteiger partial charge in [-0.3, -0.25) is 9.59 Å². The van der Waals surface area contributed by atoms with Crippen LogP contribution >= 0.6 is 0 Å². The number of nitrogens with zero attached hydrogens (tertiary/aromatic N) is 1. The van der Waals surface area contributed by atoms with Crippen LogP contribution in [0.3, 0.4) is 0 Å². The number of aliphatic hydroxyl groups excluding tert-OH is 3. The number of ketones is 1. The number of cyclic esters (lactones) is 1. The van der Waals surface area contributed by atoms with E-state index in [4.69, 9.17) is 28.4 Å². The van der Waals surface area contributed by atoms with Crippen molar-refractivity contribution in [2.75, 3.05) is 21.2 Å². The van der Waals surface area contributed by atoms with Crippen LogP contribution in [-0.4, -0.2) is 148 Å². The first-order valence-corrected chi connectivity index (χ1v) is 18.5. The van der Waals surface area contributed by atoms with E-state index in [9.17, 15) is 35.1 Å². The van der Waals surface area contributed by atoms with E-state index in [-0.39, 0.29) is 31.4 Å². The van der Waals surface area contributed by atoms with Crippen LogP contribution in [0.5, 0.6) is 0 Å². The highest BCUT2D eigenvalue weighted by Crippen LogP contribution is 2.40. The topological polar surface area (TPSA) is 194 Å². The molecule has 5 N–H and O–H groups in total. The Balaban J connectivity index is 2.18. The van der Waals surface area contributed by atoms with Gasteiger partial charge in [0.1, 0.15) is 29.7 Å². The van der Waals surface area contributed by atoms with Crippen LogP contribution in [0.25, 0.3) is 0 Å². The summed E-state index contributed by atoms with van der Waals surface area (Å²) in [6, 6.07) is -0.324. The fraction of sp³-hybridized carbons (Fsp3) is 0.946. The number of hydrogen-bond acceptors (Lipinski definition) is 14. The van der Waals surface area contributed by atoms with E-state index in [0.717, 1.165) is 0 Å². The molecule has 0 radical (unpaired) electrons. The number of aliphatic hydroxyl groups is 5. The molecule has 0 bridgehead atoms. The molecular formula is C37H67NO13. The molecule has 3 fully saturated rings. The van der Waals surface area contributed by atoms with Crippen LogP contribution in [0, 0.1) is 23.7 Å². The smallest absolute Gasteiger partial charge is 0.311 e. The molecule has 0 aliphatic carbocycles. The number of carbonyl (C=O) groups is 2. The van der Waals surface area contributed by atoms with Crippen molar-refractivity contribution < 1.29 is 63.5 Å². The molecule has 0 aromatic carbocycles. The van der Waals surface area contributed by atoms with E-state index in [1.165, 1.54) is 27.9 Å². The Hall–Kier alpha value is -1.30. The summed E-state index contributed by atoms with van der Waals surface area (Å²) in [5.41, 5.74) is -4.84. The van der Waals surface area contributed by atoms with E-state index < -0.39 is 108 Å². The van der Waals surface area contributed by atoms with Gasteiger partial charge in [-0.1, -0.05) is 27.7 Å². The quantitative estimate of drug-likeness (QED) is 0.187.